The van der Waals surface area contributed by atoms with Crippen LogP contribution in [0.3, 0.4) is 0 Å². The maximum absolute atomic E-state index is 12.3. The molecule has 0 saturated heterocycles. The standard InChI is InChI=1S/C16H17NO6S/c1-3-24(21,22)14-7-5-4-6-12(14)15(18)17-9-11-8-13(16(19)20)10(2)23-11/h4-8H,3,9H2,1-2H3,(H,17,18)(H,19,20). The van der Waals surface area contributed by atoms with Gasteiger partial charge >= 0.3 is 5.97 Å². The minimum absolute atomic E-state index is 0.0215. The first-order chi connectivity index (χ1) is 11.3. The van der Waals surface area contributed by atoms with Gasteiger partial charge in [0.1, 0.15) is 17.1 Å². The molecule has 24 heavy (non-hydrogen) atoms. The average Bonchev–Trinajstić information content (AvgIpc) is 2.93. The predicted octanol–water partition coefficient (Wildman–Crippen LogP) is 2.01. The molecule has 7 nitrogen and oxygen atoms in total. The lowest BCUT2D eigenvalue weighted by Crippen LogP contribution is -2.25. The van der Waals surface area contributed by atoms with E-state index in [-0.39, 0.29) is 39.8 Å². The molecule has 1 aromatic carbocycles. The van der Waals surface area contributed by atoms with E-state index >= 15 is 0 Å². The molecule has 0 saturated carbocycles. The first-order valence-corrected chi connectivity index (χ1v) is 8.84. The van der Waals surface area contributed by atoms with Gasteiger partial charge in [-0.2, -0.15) is 0 Å². The number of aryl methyl sites for hydroxylation is 1. The molecule has 128 valence electrons. The Bertz CT molecular complexity index is 882. The van der Waals surface area contributed by atoms with Gasteiger partial charge < -0.3 is 14.8 Å². The number of sulfone groups is 1. The number of carbonyl (C=O) groups excluding carboxylic acids is 1. The molecule has 0 unspecified atom stereocenters. The van der Waals surface area contributed by atoms with Crippen LogP contribution in [-0.2, 0) is 16.4 Å². The Kier molecular flexibility index (Phi) is 5.08. The summed E-state index contributed by atoms with van der Waals surface area (Å²) in [6, 6.07) is 7.26. The molecule has 2 aromatic rings. The second-order valence-corrected chi connectivity index (χ2v) is 7.32. The van der Waals surface area contributed by atoms with Crippen LogP contribution < -0.4 is 5.32 Å². The zero-order valence-corrected chi connectivity index (χ0v) is 14.0. The summed E-state index contributed by atoms with van der Waals surface area (Å²) in [7, 11) is -3.53. The van der Waals surface area contributed by atoms with Crippen molar-refractivity contribution in [1.29, 1.82) is 0 Å². The van der Waals surface area contributed by atoms with E-state index in [0.29, 0.717) is 0 Å². The second-order valence-electron chi connectivity index (χ2n) is 5.07. The first kappa shape index (κ1) is 17.7. The van der Waals surface area contributed by atoms with Crippen LogP contribution in [0.1, 0.15) is 39.2 Å². The van der Waals surface area contributed by atoms with Crippen LogP contribution in [0.4, 0.5) is 0 Å². The van der Waals surface area contributed by atoms with Crippen LogP contribution in [0, 0.1) is 6.92 Å². The highest BCUT2D eigenvalue weighted by molar-refractivity contribution is 7.91. The number of carbonyl (C=O) groups is 2. The lowest BCUT2D eigenvalue weighted by atomic mass is 10.2. The third-order valence-corrected chi connectivity index (χ3v) is 5.26. The van der Waals surface area contributed by atoms with E-state index in [1.165, 1.54) is 32.0 Å². The molecule has 0 atom stereocenters. The number of hydrogen-bond acceptors (Lipinski definition) is 5. The quantitative estimate of drug-likeness (QED) is 0.823. The lowest BCUT2D eigenvalue weighted by Gasteiger charge is -2.09. The van der Waals surface area contributed by atoms with E-state index in [2.05, 4.69) is 5.32 Å². The Labute approximate surface area is 139 Å². The van der Waals surface area contributed by atoms with Crippen LogP contribution in [-0.4, -0.2) is 31.2 Å². The zero-order chi connectivity index (χ0) is 17.9. The Hall–Kier alpha value is -2.61. The number of carboxylic acid groups (broad SMARTS) is 1. The van der Waals surface area contributed by atoms with Crippen molar-refractivity contribution >= 4 is 21.7 Å². The number of benzene rings is 1. The smallest absolute Gasteiger partial charge is 0.339 e. The maximum atomic E-state index is 12.3. The minimum atomic E-state index is -3.53. The van der Waals surface area contributed by atoms with Gasteiger partial charge in [0, 0.05) is 0 Å². The van der Waals surface area contributed by atoms with E-state index in [9.17, 15) is 18.0 Å². The summed E-state index contributed by atoms with van der Waals surface area (Å²) >= 11 is 0. The normalized spacial score (nSPS) is 11.2. The van der Waals surface area contributed by atoms with Crippen molar-refractivity contribution in [2.45, 2.75) is 25.3 Å². The number of carboxylic acids is 1. The van der Waals surface area contributed by atoms with E-state index < -0.39 is 21.7 Å². The van der Waals surface area contributed by atoms with E-state index in [1.54, 1.807) is 12.1 Å². The molecule has 2 N–H and O–H groups in total. The molecule has 0 aliphatic heterocycles. The van der Waals surface area contributed by atoms with E-state index in [4.69, 9.17) is 9.52 Å². The molecule has 2 rings (SSSR count). The SMILES string of the molecule is CCS(=O)(=O)c1ccccc1C(=O)NCc1cc(C(=O)O)c(C)o1. The Morgan fingerprint density at radius 2 is 1.88 bits per heavy atom. The third kappa shape index (κ3) is 3.65. The molecule has 1 aromatic heterocycles. The number of rotatable bonds is 6. The number of hydrogen-bond donors (Lipinski definition) is 2. The zero-order valence-electron chi connectivity index (χ0n) is 13.2. The molecule has 0 bridgehead atoms. The maximum Gasteiger partial charge on any atom is 0.339 e. The summed E-state index contributed by atoms with van der Waals surface area (Å²) < 4.78 is 29.4. The van der Waals surface area contributed by atoms with Crippen molar-refractivity contribution in [3.8, 4) is 0 Å². The number of amides is 1. The molecule has 8 heteroatoms. The lowest BCUT2D eigenvalue weighted by molar-refractivity contribution is 0.0694. The summed E-state index contributed by atoms with van der Waals surface area (Å²) in [6.07, 6.45) is 0. The monoisotopic (exact) mass is 351 g/mol. The molecule has 0 aliphatic rings. The molecular weight excluding hydrogens is 334 g/mol. The fourth-order valence-electron chi connectivity index (χ4n) is 2.19. The molecule has 0 aliphatic carbocycles. The van der Waals surface area contributed by atoms with Gasteiger partial charge in [-0.3, -0.25) is 4.79 Å². The third-order valence-electron chi connectivity index (χ3n) is 3.47. The molecule has 0 fully saturated rings. The van der Waals surface area contributed by atoms with Gasteiger partial charge in [0.2, 0.25) is 0 Å². The van der Waals surface area contributed by atoms with Crippen molar-refractivity contribution in [3.05, 3.63) is 53.0 Å². The van der Waals surface area contributed by atoms with Gasteiger partial charge in [-0.15, -0.1) is 0 Å². The topological polar surface area (TPSA) is 114 Å². The fraction of sp³-hybridized carbons (Fsp3) is 0.250. The summed E-state index contributed by atoms with van der Waals surface area (Å²) in [4.78, 5) is 23.2. The van der Waals surface area contributed by atoms with Gasteiger partial charge in [0.05, 0.1) is 22.8 Å². The van der Waals surface area contributed by atoms with Crippen molar-refractivity contribution in [2.24, 2.45) is 0 Å². The van der Waals surface area contributed by atoms with Crippen LogP contribution in [0.15, 0.2) is 39.6 Å². The largest absolute Gasteiger partial charge is 0.478 e. The van der Waals surface area contributed by atoms with Crippen LogP contribution in [0.5, 0.6) is 0 Å². The summed E-state index contributed by atoms with van der Waals surface area (Å²) in [6.45, 7) is 2.97. The molecular formula is C16H17NO6S. The van der Waals surface area contributed by atoms with Gasteiger partial charge in [0.25, 0.3) is 5.91 Å². The fourth-order valence-corrected chi connectivity index (χ4v) is 3.28. The number of furan rings is 1. The molecule has 1 heterocycles. The number of aromatic carboxylic acids is 1. The van der Waals surface area contributed by atoms with Crippen molar-refractivity contribution in [1.82, 2.24) is 5.32 Å². The van der Waals surface area contributed by atoms with Crippen LogP contribution >= 0.6 is 0 Å². The summed E-state index contributed by atoms with van der Waals surface area (Å²) in [5.74, 6) is -1.30. The highest BCUT2D eigenvalue weighted by Gasteiger charge is 2.21. The van der Waals surface area contributed by atoms with E-state index in [1.807, 2.05) is 0 Å². The summed E-state index contributed by atoms with van der Waals surface area (Å²) in [5.41, 5.74) is 0.0642. The molecule has 0 radical (unpaired) electrons. The second kappa shape index (κ2) is 6.88. The average molecular weight is 351 g/mol. The van der Waals surface area contributed by atoms with Crippen LogP contribution in [0.25, 0.3) is 0 Å². The number of nitrogens with one attached hydrogen (secondary N) is 1. The summed E-state index contributed by atoms with van der Waals surface area (Å²) in [5, 5.41) is 11.5. The van der Waals surface area contributed by atoms with E-state index in [0.717, 1.165) is 0 Å². The Morgan fingerprint density at radius 1 is 1.21 bits per heavy atom. The van der Waals surface area contributed by atoms with Gasteiger partial charge in [-0.05, 0) is 25.1 Å². The van der Waals surface area contributed by atoms with Crippen molar-refractivity contribution in [2.75, 3.05) is 5.75 Å². The molecule has 0 spiro atoms. The van der Waals surface area contributed by atoms with Gasteiger partial charge in [-0.1, -0.05) is 19.1 Å². The van der Waals surface area contributed by atoms with Gasteiger partial charge in [-0.25, -0.2) is 13.2 Å². The predicted molar refractivity (Wildman–Crippen MR) is 85.7 cm³/mol. The highest BCUT2D eigenvalue weighted by Crippen LogP contribution is 2.18. The van der Waals surface area contributed by atoms with Crippen molar-refractivity contribution < 1.29 is 27.5 Å². The Balaban J connectivity index is 2.20. The minimum Gasteiger partial charge on any atom is -0.478 e. The van der Waals surface area contributed by atoms with Crippen LogP contribution in [0.2, 0.25) is 0 Å². The first-order valence-electron chi connectivity index (χ1n) is 7.19. The van der Waals surface area contributed by atoms with Crippen molar-refractivity contribution in [3.63, 3.8) is 0 Å². The highest BCUT2D eigenvalue weighted by atomic mass is 32.2. The molecule has 1 amide bonds. The Morgan fingerprint density at radius 3 is 2.46 bits per heavy atom. The van der Waals surface area contributed by atoms with Gasteiger partial charge in [0.15, 0.2) is 9.84 Å².